The highest BCUT2D eigenvalue weighted by Crippen LogP contribution is 2.27. The summed E-state index contributed by atoms with van der Waals surface area (Å²) in [6.45, 7) is 2.58. The number of carbonyl (C=O) groups excluding carboxylic acids is 3. The van der Waals surface area contributed by atoms with E-state index in [1.54, 1.807) is 6.20 Å². The topological polar surface area (TPSA) is 164 Å². The number of likely N-dealkylation sites (tertiary alicyclic amines) is 1. The number of aromatic nitrogens is 2. The molecule has 11 nitrogen and oxygen atoms in total. The van der Waals surface area contributed by atoms with E-state index in [1.165, 1.54) is 34.3 Å². The number of nitrogens with zero attached hydrogens (tertiary/aromatic N) is 3. The molecule has 1 saturated heterocycles. The fourth-order valence-corrected chi connectivity index (χ4v) is 6.07. The van der Waals surface area contributed by atoms with Crippen LogP contribution in [-0.4, -0.2) is 72.4 Å². The number of nitrogens with two attached hydrogens (primary N) is 1. The predicted octanol–water partition coefficient (Wildman–Crippen LogP) is 1.62. The van der Waals surface area contributed by atoms with Gasteiger partial charge in [-0.2, -0.15) is 0 Å². The number of sulfonamides is 1. The maximum atomic E-state index is 13.4. The lowest BCUT2D eigenvalue weighted by Crippen LogP contribution is -2.46. The minimum absolute atomic E-state index is 0.0219. The van der Waals surface area contributed by atoms with Crippen molar-refractivity contribution in [3.63, 3.8) is 0 Å². The number of thioether (sulfide) groups is 1. The first-order valence-corrected chi connectivity index (χ1v) is 15.2. The fraction of sp³-hybridized carbons (Fsp3) is 0.500. The first kappa shape index (κ1) is 28.0. The van der Waals surface area contributed by atoms with Gasteiger partial charge < -0.3 is 15.5 Å². The summed E-state index contributed by atoms with van der Waals surface area (Å²) in [5, 5.41) is 13.0. The molecule has 0 aliphatic carbocycles. The van der Waals surface area contributed by atoms with Gasteiger partial charge >= 0.3 is 0 Å². The Morgan fingerprint density at radius 1 is 1.25 bits per heavy atom. The number of amides is 3. The molecule has 14 heteroatoms. The van der Waals surface area contributed by atoms with Crippen molar-refractivity contribution in [1.29, 1.82) is 0 Å². The molecule has 2 aromatic heterocycles. The Labute approximate surface area is 218 Å². The molecular formula is C22H30N6O5S3. The Bertz CT molecular complexity index is 1200. The first-order valence-electron chi connectivity index (χ1n) is 11.5. The van der Waals surface area contributed by atoms with E-state index < -0.39 is 33.9 Å². The van der Waals surface area contributed by atoms with Gasteiger partial charge in [0.25, 0.3) is 11.8 Å². The lowest BCUT2D eigenvalue weighted by atomic mass is 10.1. The van der Waals surface area contributed by atoms with Crippen molar-refractivity contribution in [1.82, 2.24) is 25.5 Å². The van der Waals surface area contributed by atoms with Crippen LogP contribution in [0.15, 0.2) is 33.1 Å². The van der Waals surface area contributed by atoms with Crippen molar-refractivity contribution in [2.24, 2.45) is 5.14 Å². The van der Waals surface area contributed by atoms with Gasteiger partial charge in [-0.15, -0.1) is 23.1 Å². The molecule has 3 rings (SSSR count). The molecule has 3 amide bonds. The molecule has 36 heavy (non-hydrogen) atoms. The highest BCUT2D eigenvalue weighted by atomic mass is 32.2. The second-order valence-electron chi connectivity index (χ2n) is 8.34. The van der Waals surface area contributed by atoms with Crippen LogP contribution in [0.2, 0.25) is 0 Å². The normalized spacial score (nSPS) is 17.7. The zero-order valence-corrected chi connectivity index (χ0v) is 22.5. The van der Waals surface area contributed by atoms with Crippen molar-refractivity contribution in [3.8, 4) is 0 Å². The quantitative estimate of drug-likeness (QED) is 0.278. The van der Waals surface area contributed by atoms with Crippen LogP contribution in [-0.2, 0) is 14.8 Å². The smallest absolute Gasteiger partial charge is 0.271 e. The molecule has 2 aromatic rings. The summed E-state index contributed by atoms with van der Waals surface area (Å²) in [7, 11) is -4.12. The van der Waals surface area contributed by atoms with E-state index in [-0.39, 0.29) is 34.3 Å². The summed E-state index contributed by atoms with van der Waals surface area (Å²) >= 11 is 2.19. The minimum atomic E-state index is -4.12. The van der Waals surface area contributed by atoms with Crippen LogP contribution in [0.5, 0.6) is 0 Å². The summed E-state index contributed by atoms with van der Waals surface area (Å²) in [4.78, 5) is 48.8. The highest BCUT2D eigenvalue weighted by molar-refractivity contribution is 7.98. The van der Waals surface area contributed by atoms with E-state index in [0.29, 0.717) is 11.6 Å². The predicted molar refractivity (Wildman–Crippen MR) is 137 cm³/mol. The number of primary sulfonamides is 1. The van der Waals surface area contributed by atoms with Gasteiger partial charge in [-0.1, -0.05) is 26.2 Å². The van der Waals surface area contributed by atoms with Gasteiger partial charge in [-0.05, 0) is 30.5 Å². The Hall–Kier alpha value is -2.55. The van der Waals surface area contributed by atoms with E-state index in [9.17, 15) is 22.8 Å². The third-order valence-electron chi connectivity index (χ3n) is 5.70. The molecule has 0 bridgehead atoms. The van der Waals surface area contributed by atoms with E-state index >= 15 is 0 Å². The number of unbranched alkanes of at least 4 members (excludes halogenated alkanes) is 3. The van der Waals surface area contributed by atoms with Crippen molar-refractivity contribution in [3.05, 3.63) is 35.1 Å². The molecule has 0 spiro atoms. The Morgan fingerprint density at radius 2 is 2.03 bits per heavy atom. The van der Waals surface area contributed by atoms with Gasteiger partial charge in [0.15, 0.2) is 0 Å². The fourth-order valence-electron chi connectivity index (χ4n) is 3.94. The second-order valence-corrected chi connectivity index (χ2v) is 11.8. The zero-order chi connectivity index (χ0) is 26.3. The average Bonchev–Trinajstić information content (AvgIpc) is 3.51. The third-order valence-corrected chi connectivity index (χ3v) is 8.75. The van der Waals surface area contributed by atoms with Crippen LogP contribution >= 0.6 is 23.1 Å². The van der Waals surface area contributed by atoms with E-state index in [2.05, 4.69) is 27.5 Å². The molecule has 196 valence electrons. The molecule has 0 aromatic carbocycles. The standard InChI is InChI=1S/C22H30N6O5S3/c1-3-4-5-6-8-25-20(30)17-10-14(26-19(29)16-11-24-12-18(27-16)34-2)13-28(17)21(31)15-7-9-35-22(15)36(23,32)33/h7,9,11-12,14,17H,3-6,8,10,13H2,1-2H3,(H,25,30)(H,26,29)(H2,23,32,33)/t14-,17+/m1/s1. The number of thiophene rings is 1. The molecule has 0 saturated carbocycles. The van der Waals surface area contributed by atoms with Crippen LogP contribution < -0.4 is 15.8 Å². The van der Waals surface area contributed by atoms with E-state index in [0.717, 1.165) is 37.0 Å². The molecule has 1 fully saturated rings. The van der Waals surface area contributed by atoms with E-state index in [4.69, 9.17) is 5.14 Å². The van der Waals surface area contributed by atoms with Crippen LogP contribution in [0, 0.1) is 0 Å². The summed E-state index contributed by atoms with van der Waals surface area (Å²) in [6, 6.07) is -0.0542. The summed E-state index contributed by atoms with van der Waals surface area (Å²) in [6.07, 6.45) is 8.79. The van der Waals surface area contributed by atoms with Gasteiger partial charge in [0.05, 0.1) is 18.0 Å². The SMILES string of the molecule is CCCCCCNC(=O)[C@@H]1C[C@@H](NC(=O)c2cncc(SC)n2)CN1C(=O)c1ccsc1S(N)(=O)=O. The van der Waals surface area contributed by atoms with Crippen LogP contribution in [0.25, 0.3) is 0 Å². The minimum Gasteiger partial charge on any atom is -0.354 e. The van der Waals surface area contributed by atoms with Crippen molar-refractivity contribution in [2.45, 2.75) is 60.3 Å². The Kier molecular flexibility index (Phi) is 9.82. The van der Waals surface area contributed by atoms with Gasteiger partial charge in [-0.25, -0.2) is 18.5 Å². The van der Waals surface area contributed by atoms with Crippen molar-refractivity contribution < 1.29 is 22.8 Å². The molecule has 1 aliphatic heterocycles. The molecule has 0 unspecified atom stereocenters. The second kappa shape index (κ2) is 12.6. The molecular weight excluding hydrogens is 524 g/mol. The molecule has 2 atom stereocenters. The number of hydrogen-bond donors (Lipinski definition) is 3. The number of nitrogens with one attached hydrogen (secondary N) is 2. The Morgan fingerprint density at radius 3 is 2.72 bits per heavy atom. The summed E-state index contributed by atoms with van der Waals surface area (Å²) in [5.41, 5.74) is 0.0339. The van der Waals surface area contributed by atoms with Crippen molar-refractivity contribution >= 4 is 50.8 Å². The summed E-state index contributed by atoms with van der Waals surface area (Å²) in [5.74, 6) is -1.46. The van der Waals surface area contributed by atoms with Crippen LogP contribution in [0.4, 0.5) is 0 Å². The molecule has 1 aliphatic rings. The van der Waals surface area contributed by atoms with Crippen LogP contribution in [0.1, 0.15) is 59.9 Å². The van der Waals surface area contributed by atoms with Gasteiger partial charge in [0.1, 0.15) is 21.0 Å². The van der Waals surface area contributed by atoms with Gasteiger partial charge in [-0.3, -0.25) is 19.4 Å². The lowest BCUT2D eigenvalue weighted by molar-refractivity contribution is -0.124. The maximum absolute atomic E-state index is 13.4. The van der Waals surface area contributed by atoms with Crippen molar-refractivity contribution in [2.75, 3.05) is 19.3 Å². The highest BCUT2D eigenvalue weighted by Gasteiger charge is 2.41. The van der Waals surface area contributed by atoms with E-state index in [1.807, 2.05) is 6.26 Å². The zero-order valence-electron chi connectivity index (χ0n) is 20.1. The van der Waals surface area contributed by atoms with Gasteiger partial charge in [0, 0.05) is 19.1 Å². The number of carbonyl (C=O) groups is 3. The molecule has 4 N–H and O–H groups in total. The Balaban J connectivity index is 1.78. The monoisotopic (exact) mass is 554 g/mol. The summed E-state index contributed by atoms with van der Waals surface area (Å²) < 4.78 is 23.7. The van der Waals surface area contributed by atoms with Gasteiger partial charge in [0.2, 0.25) is 15.9 Å². The molecule has 3 heterocycles. The van der Waals surface area contributed by atoms with Crippen LogP contribution in [0.3, 0.4) is 0 Å². The first-order chi connectivity index (χ1) is 17.2. The number of rotatable bonds is 11. The number of hydrogen-bond acceptors (Lipinski definition) is 9. The third kappa shape index (κ3) is 7.02. The maximum Gasteiger partial charge on any atom is 0.271 e. The lowest BCUT2D eigenvalue weighted by Gasteiger charge is -2.24. The largest absolute Gasteiger partial charge is 0.354 e. The average molecular weight is 555 g/mol. The molecule has 0 radical (unpaired) electrons.